The molecular weight excluding hydrogens is 206 g/mol. The molecule has 0 atom stereocenters. The lowest BCUT2D eigenvalue weighted by atomic mass is 9.93. The van der Waals surface area contributed by atoms with E-state index in [0.717, 1.165) is 16.0 Å². The van der Waals surface area contributed by atoms with E-state index >= 15 is 0 Å². The van der Waals surface area contributed by atoms with Gasteiger partial charge in [-0.3, -0.25) is 0 Å². The molecule has 0 aliphatic heterocycles. The van der Waals surface area contributed by atoms with E-state index in [4.69, 9.17) is 17.3 Å². The number of hydrogen-bond donors (Lipinski definition) is 1. The number of nitrogens with two attached hydrogens (primary N) is 1. The topological polar surface area (TPSA) is 26.0 Å². The van der Waals surface area contributed by atoms with Crippen LogP contribution in [-0.4, -0.2) is 0 Å². The highest BCUT2D eigenvalue weighted by atomic mass is 35.5. The molecule has 0 saturated carbocycles. The van der Waals surface area contributed by atoms with Gasteiger partial charge in [-0.2, -0.15) is 0 Å². The van der Waals surface area contributed by atoms with Gasteiger partial charge in [0.1, 0.15) is 0 Å². The maximum absolute atomic E-state index is 6.05. The predicted octanol–water partition coefficient (Wildman–Crippen LogP) is 3.69. The van der Waals surface area contributed by atoms with Crippen molar-refractivity contribution in [2.45, 2.75) is 19.4 Å². The average molecular weight is 220 g/mol. The number of fused-ring (bicyclic) bond motifs is 1. The molecule has 0 aliphatic rings. The molecule has 0 saturated heterocycles. The van der Waals surface area contributed by atoms with E-state index in [0.29, 0.717) is 0 Å². The van der Waals surface area contributed by atoms with Crippen LogP contribution in [-0.2, 0) is 5.54 Å². The van der Waals surface area contributed by atoms with E-state index in [1.165, 1.54) is 5.39 Å². The summed E-state index contributed by atoms with van der Waals surface area (Å²) in [4.78, 5) is 0. The molecule has 78 valence electrons. The summed E-state index contributed by atoms with van der Waals surface area (Å²) in [7, 11) is 0. The summed E-state index contributed by atoms with van der Waals surface area (Å²) in [5.74, 6) is 0. The lowest BCUT2D eigenvalue weighted by molar-refractivity contribution is 0.555. The van der Waals surface area contributed by atoms with E-state index in [2.05, 4.69) is 18.2 Å². The average Bonchev–Trinajstić information content (AvgIpc) is 2.15. The van der Waals surface area contributed by atoms with E-state index < -0.39 is 0 Å². The Morgan fingerprint density at radius 1 is 1.00 bits per heavy atom. The second-order valence-corrected chi connectivity index (χ2v) is 4.86. The Labute approximate surface area is 94.9 Å². The molecule has 2 heteroatoms. The van der Waals surface area contributed by atoms with Crippen molar-refractivity contribution in [2.75, 3.05) is 0 Å². The van der Waals surface area contributed by atoms with Gasteiger partial charge in [0.2, 0.25) is 0 Å². The zero-order valence-corrected chi connectivity index (χ0v) is 9.68. The number of rotatable bonds is 1. The summed E-state index contributed by atoms with van der Waals surface area (Å²) >= 11 is 5.92. The first-order valence-corrected chi connectivity index (χ1v) is 5.33. The molecule has 2 rings (SSSR count). The van der Waals surface area contributed by atoms with Gasteiger partial charge >= 0.3 is 0 Å². The van der Waals surface area contributed by atoms with Crippen LogP contribution in [0, 0.1) is 0 Å². The van der Waals surface area contributed by atoms with Gasteiger partial charge in [-0.15, -0.1) is 0 Å². The maximum atomic E-state index is 6.05. The largest absolute Gasteiger partial charge is 0.322 e. The smallest absolute Gasteiger partial charge is 0.0412 e. The van der Waals surface area contributed by atoms with Gasteiger partial charge in [0.25, 0.3) is 0 Å². The Bertz CT molecular complexity index is 497. The third-order valence-electron chi connectivity index (χ3n) is 2.55. The quantitative estimate of drug-likeness (QED) is 0.778. The van der Waals surface area contributed by atoms with Crippen LogP contribution in [0.1, 0.15) is 19.4 Å². The second-order valence-electron chi connectivity index (χ2n) is 4.43. The van der Waals surface area contributed by atoms with Crippen LogP contribution in [0.4, 0.5) is 0 Å². The molecular formula is C13H14ClN. The molecule has 0 amide bonds. The highest BCUT2D eigenvalue weighted by Gasteiger charge is 2.13. The van der Waals surface area contributed by atoms with E-state index in [1.54, 1.807) is 0 Å². The molecule has 1 nitrogen and oxygen atoms in total. The SMILES string of the molecule is CC(C)(N)c1ccc2cc(Cl)ccc2c1. The van der Waals surface area contributed by atoms with Crippen molar-refractivity contribution in [2.24, 2.45) is 5.73 Å². The van der Waals surface area contributed by atoms with Crippen LogP contribution in [0.25, 0.3) is 10.8 Å². The first-order valence-electron chi connectivity index (χ1n) is 4.95. The molecule has 2 aromatic carbocycles. The van der Waals surface area contributed by atoms with Gasteiger partial charge in [0.05, 0.1) is 0 Å². The van der Waals surface area contributed by atoms with E-state index in [9.17, 15) is 0 Å². The molecule has 0 aromatic heterocycles. The van der Waals surface area contributed by atoms with Crippen molar-refractivity contribution in [3.8, 4) is 0 Å². The van der Waals surface area contributed by atoms with Crippen molar-refractivity contribution >= 4 is 22.4 Å². The summed E-state index contributed by atoms with van der Waals surface area (Å²) in [6, 6.07) is 12.1. The molecule has 2 N–H and O–H groups in total. The fourth-order valence-electron chi connectivity index (χ4n) is 1.62. The zero-order valence-electron chi connectivity index (χ0n) is 8.92. The summed E-state index contributed by atoms with van der Waals surface area (Å²) in [5, 5.41) is 3.09. The van der Waals surface area contributed by atoms with Crippen molar-refractivity contribution in [3.05, 3.63) is 47.0 Å². The van der Waals surface area contributed by atoms with Gasteiger partial charge in [-0.05, 0) is 48.4 Å². The Hall–Kier alpha value is -1.05. The summed E-state index contributed by atoms with van der Waals surface area (Å²) in [6.45, 7) is 4.01. The Balaban J connectivity index is 2.62. The van der Waals surface area contributed by atoms with E-state index in [-0.39, 0.29) is 5.54 Å². The monoisotopic (exact) mass is 219 g/mol. The molecule has 0 aliphatic carbocycles. The number of benzene rings is 2. The van der Waals surface area contributed by atoms with Gasteiger partial charge < -0.3 is 5.73 Å². The molecule has 0 bridgehead atoms. The standard InChI is InChI=1S/C13H14ClN/c1-13(2,15)11-5-3-10-8-12(14)6-4-9(10)7-11/h3-8H,15H2,1-2H3. The van der Waals surface area contributed by atoms with Gasteiger partial charge in [-0.25, -0.2) is 0 Å². The minimum atomic E-state index is -0.298. The highest BCUT2D eigenvalue weighted by molar-refractivity contribution is 6.31. The molecule has 0 spiro atoms. The molecule has 0 heterocycles. The first-order chi connectivity index (χ1) is 6.97. The van der Waals surface area contributed by atoms with Crippen molar-refractivity contribution in [1.82, 2.24) is 0 Å². The minimum Gasteiger partial charge on any atom is -0.322 e. The van der Waals surface area contributed by atoms with Crippen molar-refractivity contribution in [1.29, 1.82) is 0 Å². The number of halogens is 1. The Morgan fingerprint density at radius 2 is 1.60 bits per heavy atom. The van der Waals surface area contributed by atoms with E-state index in [1.807, 2.05) is 32.0 Å². The minimum absolute atomic E-state index is 0.298. The van der Waals surface area contributed by atoms with Crippen molar-refractivity contribution in [3.63, 3.8) is 0 Å². The van der Waals surface area contributed by atoms with Gasteiger partial charge in [0, 0.05) is 10.6 Å². The summed E-state index contributed by atoms with van der Waals surface area (Å²) < 4.78 is 0. The normalized spacial score (nSPS) is 12.0. The fourth-order valence-corrected chi connectivity index (χ4v) is 1.80. The van der Waals surface area contributed by atoms with Gasteiger partial charge in [-0.1, -0.05) is 29.8 Å². The highest BCUT2D eigenvalue weighted by Crippen LogP contribution is 2.24. The third-order valence-corrected chi connectivity index (χ3v) is 2.78. The Kier molecular flexibility index (Phi) is 2.45. The van der Waals surface area contributed by atoms with Crippen LogP contribution in [0.3, 0.4) is 0 Å². The summed E-state index contributed by atoms with van der Waals surface area (Å²) in [6.07, 6.45) is 0. The second kappa shape index (κ2) is 3.51. The van der Waals surface area contributed by atoms with Gasteiger partial charge in [0.15, 0.2) is 0 Å². The molecule has 2 aromatic rings. The van der Waals surface area contributed by atoms with Crippen LogP contribution in [0.15, 0.2) is 36.4 Å². The zero-order chi connectivity index (χ0) is 11.1. The number of hydrogen-bond acceptors (Lipinski definition) is 1. The third kappa shape index (κ3) is 2.14. The van der Waals surface area contributed by atoms with Crippen LogP contribution in [0.2, 0.25) is 5.02 Å². The Morgan fingerprint density at radius 3 is 2.27 bits per heavy atom. The molecule has 0 fully saturated rings. The summed E-state index contributed by atoms with van der Waals surface area (Å²) in [5.41, 5.74) is 6.89. The van der Waals surface area contributed by atoms with Crippen LogP contribution in [0.5, 0.6) is 0 Å². The predicted molar refractivity (Wildman–Crippen MR) is 66.2 cm³/mol. The fraction of sp³-hybridized carbons (Fsp3) is 0.231. The van der Waals surface area contributed by atoms with Crippen molar-refractivity contribution < 1.29 is 0 Å². The lowest BCUT2D eigenvalue weighted by Gasteiger charge is -2.19. The molecule has 15 heavy (non-hydrogen) atoms. The maximum Gasteiger partial charge on any atom is 0.0412 e. The first kappa shape index (κ1) is 10.5. The van der Waals surface area contributed by atoms with Crippen LogP contribution >= 0.6 is 11.6 Å². The molecule has 0 unspecified atom stereocenters. The lowest BCUT2D eigenvalue weighted by Crippen LogP contribution is -2.28. The molecule has 0 radical (unpaired) electrons. The van der Waals surface area contributed by atoms with Crippen LogP contribution < -0.4 is 5.73 Å².